The van der Waals surface area contributed by atoms with Crippen molar-refractivity contribution < 1.29 is 14.3 Å². The topological polar surface area (TPSA) is 42.0 Å². The van der Waals surface area contributed by atoms with Gasteiger partial charge in [-0.05, 0) is 55.8 Å². The molecule has 27 heavy (non-hydrogen) atoms. The number of amides is 1. The van der Waals surface area contributed by atoms with E-state index >= 15 is 0 Å². The molecule has 6 heteroatoms. The van der Waals surface area contributed by atoms with Crippen LogP contribution in [0.2, 0.25) is 5.02 Å². The van der Waals surface area contributed by atoms with Gasteiger partial charge in [-0.25, -0.2) is 0 Å². The Morgan fingerprint density at radius 2 is 1.67 bits per heavy atom. The van der Waals surface area contributed by atoms with Crippen LogP contribution in [0, 0.1) is 6.92 Å². The Hall–Kier alpha value is -2.40. The highest BCUT2D eigenvalue weighted by atomic mass is 35.5. The van der Waals surface area contributed by atoms with Crippen LogP contribution >= 0.6 is 11.6 Å². The molecular weight excluding hydrogens is 364 g/mol. The lowest BCUT2D eigenvalue weighted by molar-refractivity contribution is -0.138. The van der Waals surface area contributed by atoms with Crippen molar-refractivity contribution in [1.82, 2.24) is 4.90 Å². The van der Waals surface area contributed by atoms with Gasteiger partial charge in [-0.1, -0.05) is 17.7 Å². The van der Waals surface area contributed by atoms with Gasteiger partial charge >= 0.3 is 0 Å². The maximum atomic E-state index is 12.7. The van der Waals surface area contributed by atoms with Crippen molar-refractivity contribution in [1.29, 1.82) is 0 Å². The zero-order chi connectivity index (χ0) is 19.4. The molecule has 1 fully saturated rings. The van der Waals surface area contributed by atoms with Crippen molar-refractivity contribution in [3.63, 3.8) is 0 Å². The predicted octanol–water partition coefficient (Wildman–Crippen LogP) is 3.77. The fourth-order valence-corrected chi connectivity index (χ4v) is 3.42. The fourth-order valence-electron chi connectivity index (χ4n) is 3.26. The van der Waals surface area contributed by atoms with Gasteiger partial charge in [0, 0.05) is 36.9 Å². The van der Waals surface area contributed by atoms with Gasteiger partial charge in [0.05, 0.1) is 7.11 Å². The molecule has 1 heterocycles. The van der Waals surface area contributed by atoms with E-state index in [0.717, 1.165) is 29.5 Å². The number of piperazine rings is 1. The van der Waals surface area contributed by atoms with Gasteiger partial charge in [0.2, 0.25) is 0 Å². The van der Waals surface area contributed by atoms with Gasteiger partial charge in [-0.2, -0.15) is 0 Å². The van der Waals surface area contributed by atoms with Gasteiger partial charge in [-0.3, -0.25) is 4.79 Å². The fraction of sp³-hybridized carbons (Fsp3) is 0.381. The first-order chi connectivity index (χ1) is 13.0. The highest BCUT2D eigenvalue weighted by Gasteiger charge is 2.26. The van der Waals surface area contributed by atoms with E-state index in [9.17, 15) is 4.79 Å². The highest BCUT2D eigenvalue weighted by molar-refractivity contribution is 6.30. The Morgan fingerprint density at radius 3 is 2.30 bits per heavy atom. The average Bonchev–Trinajstić information content (AvgIpc) is 2.70. The number of benzene rings is 2. The molecule has 1 amide bonds. The minimum absolute atomic E-state index is 0.00767. The molecule has 1 aliphatic heterocycles. The van der Waals surface area contributed by atoms with Gasteiger partial charge in [0.15, 0.2) is 6.10 Å². The maximum Gasteiger partial charge on any atom is 0.263 e. The lowest BCUT2D eigenvalue weighted by atomic mass is 10.1. The van der Waals surface area contributed by atoms with E-state index in [2.05, 4.69) is 11.8 Å². The third kappa shape index (κ3) is 4.66. The van der Waals surface area contributed by atoms with Crippen LogP contribution in [0.25, 0.3) is 0 Å². The van der Waals surface area contributed by atoms with Gasteiger partial charge in [-0.15, -0.1) is 0 Å². The standard InChI is InChI=1S/C21H25ClN2O3/c1-15-4-5-17(22)14-20(15)23-10-12-24(13-11-23)21(25)16(2)27-19-8-6-18(26-3)7-9-19/h4-9,14,16H,10-13H2,1-3H3/t16-/m0/s1. The number of nitrogens with zero attached hydrogens (tertiary/aromatic N) is 2. The van der Waals surface area contributed by atoms with Crippen LogP contribution in [-0.4, -0.2) is 50.2 Å². The normalized spacial score (nSPS) is 15.4. The summed E-state index contributed by atoms with van der Waals surface area (Å²) in [7, 11) is 1.62. The number of anilines is 1. The Kier molecular flexibility index (Phi) is 6.11. The van der Waals surface area contributed by atoms with Crippen molar-refractivity contribution in [2.75, 3.05) is 38.2 Å². The summed E-state index contributed by atoms with van der Waals surface area (Å²) in [6.07, 6.45) is -0.530. The Morgan fingerprint density at radius 1 is 1.04 bits per heavy atom. The van der Waals surface area contributed by atoms with E-state index in [1.807, 2.05) is 47.4 Å². The summed E-state index contributed by atoms with van der Waals surface area (Å²) < 4.78 is 10.9. The monoisotopic (exact) mass is 388 g/mol. The van der Waals surface area contributed by atoms with E-state index in [4.69, 9.17) is 21.1 Å². The quantitative estimate of drug-likeness (QED) is 0.781. The molecule has 0 aromatic heterocycles. The second-order valence-corrected chi connectivity index (χ2v) is 7.12. The third-order valence-corrected chi connectivity index (χ3v) is 5.06. The summed E-state index contributed by atoms with van der Waals surface area (Å²) in [5, 5.41) is 0.732. The molecule has 144 valence electrons. The number of aryl methyl sites for hydroxylation is 1. The summed E-state index contributed by atoms with van der Waals surface area (Å²) in [6.45, 7) is 6.76. The van der Waals surface area contributed by atoms with Gasteiger partial charge in [0.25, 0.3) is 5.91 Å². The maximum absolute atomic E-state index is 12.7. The Bertz CT molecular complexity index is 787. The lowest BCUT2D eigenvalue weighted by Gasteiger charge is -2.37. The minimum Gasteiger partial charge on any atom is -0.497 e. The summed E-state index contributed by atoms with van der Waals surface area (Å²) in [5.41, 5.74) is 2.33. The van der Waals surface area contributed by atoms with Crippen molar-refractivity contribution in [2.45, 2.75) is 20.0 Å². The molecule has 2 aromatic carbocycles. The van der Waals surface area contributed by atoms with Crippen molar-refractivity contribution in [3.05, 3.63) is 53.1 Å². The number of hydrogen-bond acceptors (Lipinski definition) is 4. The third-order valence-electron chi connectivity index (χ3n) is 4.82. The van der Waals surface area contributed by atoms with Crippen LogP contribution in [0.1, 0.15) is 12.5 Å². The first-order valence-corrected chi connectivity index (χ1v) is 9.46. The molecule has 1 saturated heterocycles. The van der Waals surface area contributed by atoms with Crippen LogP contribution in [-0.2, 0) is 4.79 Å². The molecule has 0 radical (unpaired) electrons. The first-order valence-electron chi connectivity index (χ1n) is 9.08. The van der Waals surface area contributed by atoms with Crippen molar-refractivity contribution >= 4 is 23.2 Å². The van der Waals surface area contributed by atoms with E-state index in [1.165, 1.54) is 5.56 Å². The number of methoxy groups -OCH3 is 1. The van der Waals surface area contributed by atoms with Gasteiger partial charge in [0.1, 0.15) is 11.5 Å². The molecule has 2 aromatic rings. The van der Waals surface area contributed by atoms with Crippen LogP contribution in [0.4, 0.5) is 5.69 Å². The largest absolute Gasteiger partial charge is 0.497 e. The van der Waals surface area contributed by atoms with E-state index in [0.29, 0.717) is 18.8 Å². The molecule has 0 bridgehead atoms. The lowest BCUT2D eigenvalue weighted by Crippen LogP contribution is -2.52. The second kappa shape index (κ2) is 8.53. The Labute approximate surface area is 165 Å². The number of halogens is 1. The van der Waals surface area contributed by atoms with Crippen molar-refractivity contribution in [2.24, 2.45) is 0 Å². The van der Waals surface area contributed by atoms with Crippen LogP contribution in [0.3, 0.4) is 0 Å². The number of rotatable bonds is 5. The van der Waals surface area contributed by atoms with Crippen LogP contribution in [0.15, 0.2) is 42.5 Å². The highest BCUT2D eigenvalue weighted by Crippen LogP contribution is 2.25. The van der Waals surface area contributed by atoms with Crippen LogP contribution < -0.4 is 14.4 Å². The molecule has 0 N–H and O–H groups in total. The zero-order valence-electron chi connectivity index (χ0n) is 15.9. The molecule has 1 aliphatic rings. The summed E-state index contributed by atoms with van der Waals surface area (Å²) in [6, 6.07) is 13.2. The molecule has 0 saturated carbocycles. The number of ether oxygens (including phenoxy) is 2. The minimum atomic E-state index is -0.530. The zero-order valence-corrected chi connectivity index (χ0v) is 16.7. The second-order valence-electron chi connectivity index (χ2n) is 6.68. The Balaban J connectivity index is 1.56. The number of carbonyl (C=O) groups excluding carboxylic acids is 1. The molecule has 3 rings (SSSR count). The molecule has 1 atom stereocenters. The smallest absolute Gasteiger partial charge is 0.263 e. The molecular formula is C21H25ClN2O3. The number of carbonyl (C=O) groups is 1. The summed E-state index contributed by atoms with van der Waals surface area (Å²) in [5.74, 6) is 1.42. The van der Waals surface area contributed by atoms with Gasteiger partial charge < -0.3 is 19.3 Å². The van der Waals surface area contributed by atoms with E-state index in [1.54, 1.807) is 14.0 Å². The number of hydrogen-bond donors (Lipinski definition) is 0. The molecule has 0 spiro atoms. The van der Waals surface area contributed by atoms with Crippen molar-refractivity contribution in [3.8, 4) is 11.5 Å². The van der Waals surface area contributed by atoms with E-state index in [-0.39, 0.29) is 5.91 Å². The predicted molar refractivity (Wildman–Crippen MR) is 108 cm³/mol. The molecule has 5 nitrogen and oxygen atoms in total. The summed E-state index contributed by atoms with van der Waals surface area (Å²) >= 11 is 6.14. The summed E-state index contributed by atoms with van der Waals surface area (Å²) in [4.78, 5) is 16.9. The average molecular weight is 389 g/mol. The SMILES string of the molecule is COc1ccc(O[C@@H](C)C(=O)N2CCN(c3cc(Cl)ccc3C)CC2)cc1. The van der Waals surface area contributed by atoms with E-state index < -0.39 is 6.10 Å². The first kappa shape index (κ1) is 19.4. The van der Waals surface area contributed by atoms with Crippen LogP contribution in [0.5, 0.6) is 11.5 Å². The molecule has 0 unspecified atom stereocenters. The molecule has 0 aliphatic carbocycles.